The van der Waals surface area contributed by atoms with E-state index in [1.165, 1.54) is 29.9 Å². The van der Waals surface area contributed by atoms with Crippen molar-refractivity contribution in [2.45, 2.75) is 19.3 Å². The number of hydrogen-bond donors (Lipinski definition) is 0. The topological polar surface area (TPSA) is 40.6 Å². The maximum atomic E-state index is 11.3. The highest BCUT2D eigenvalue weighted by Crippen LogP contribution is 2.20. The molecule has 0 aromatic rings. The Morgan fingerprint density at radius 2 is 1.75 bits per heavy atom. The highest BCUT2D eigenvalue weighted by atomic mass is 16.2. The lowest BCUT2D eigenvalue weighted by Gasteiger charge is -2.29. The van der Waals surface area contributed by atoms with Crippen molar-refractivity contribution in [1.29, 1.82) is 0 Å². The molecule has 2 amide bonds. The minimum absolute atomic E-state index is 0.155. The van der Waals surface area contributed by atoms with Crippen molar-refractivity contribution in [2.75, 3.05) is 26.7 Å². The molecule has 0 aliphatic carbocycles. The van der Waals surface area contributed by atoms with Gasteiger partial charge in [-0.2, -0.15) is 0 Å². The molecule has 2 heterocycles. The zero-order valence-electron chi connectivity index (χ0n) is 9.69. The molecule has 1 saturated heterocycles. The molecule has 0 aromatic heterocycles. The third kappa shape index (κ3) is 2.50. The van der Waals surface area contributed by atoms with Crippen molar-refractivity contribution in [2.24, 2.45) is 5.92 Å². The number of amides is 2. The van der Waals surface area contributed by atoms with Gasteiger partial charge in [0.15, 0.2) is 0 Å². The molecular formula is C12H18N2O2. The largest absolute Gasteiger partial charge is 0.306 e. The summed E-state index contributed by atoms with van der Waals surface area (Å²) in [7, 11) is 2.13. The van der Waals surface area contributed by atoms with E-state index in [-0.39, 0.29) is 11.8 Å². The molecule has 2 rings (SSSR count). The van der Waals surface area contributed by atoms with Gasteiger partial charge in [-0.05, 0) is 45.3 Å². The van der Waals surface area contributed by atoms with E-state index in [4.69, 9.17) is 0 Å². The van der Waals surface area contributed by atoms with Gasteiger partial charge in [0, 0.05) is 18.7 Å². The van der Waals surface area contributed by atoms with Crippen LogP contribution in [-0.4, -0.2) is 48.3 Å². The first-order chi connectivity index (χ1) is 7.66. The van der Waals surface area contributed by atoms with E-state index in [9.17, 15) is 9.59 Å². The van der Waals surface area contributed by atoms with E-state index in [2.05, 4.69) is 11.9 Å². The molecule has 4 heteroatoms. The van der Waals surface area contributed by atoms with Crippen LogP contribution in [0.25, 0.3) is 0 Å². The monoisotopic (exact) mass is 222 g/mol. The fourth-order valence-electron chi connectivity index (χ4n) is 2.31. The molecule has 0 spiro atoms. The number of likely N-dealkylation sites (tertiary alicyclic amines) is 1. The fourth-order valence-corrected chi connectivity index (χ4v) is 2.31. The number of carbonyl (C=O) groups excluding carboxylic acids is 2. The summed E-state index contributed by atoms with van der Waals surface area (Å²) in [4.78, 5) is 26.3. The van der Waals surface area contributed by atoms with Gasteiger partial charge in [-0.15, -0.1) is 0 Å². The molecule has 0 aromatic carbocycles. The van der Waals surface area contributed by atoms with Crippen LogP contribution in [0.15, 0.2) is 12.2 Å². The Balaban J connectivity index is 1.75. The van der Waals surface area contributed by atoms with Gasteiger partial charge in [0.25, 0.3) is 11.8 Å². The van der Waals surface area contributed by atoms with E-state index < -0.39 is 0 Å². The Morgan fingerprint density at radius 1 is 1.19 bits per heavy atom. The zero-order valence-corrected chi connectivity index (χ0v) is 9.69. The summed E-state index contributed by atoms with van der Waals surface area (Å²) in [5.74, 6) is 0.355. The predicted molar refractivity (Wildman–Crippen MR) is 60.7 cm³/mol. The molecule has 0 unspecified atom stereocenters. The van der Waals surface area contributed by atoms with Crippen LogP contribution in [0.2, 0.25) is 0 Å². The molecule has 0 atom stereocenters. The number of rotatable bonds is 3. The standard InChI is InChI=1S/C12H18N2O2/c1-13-7-4-10(5-8-13)6-9-14-11(15)2-3-12(14)16/h2-3,10H,4-9H2,1H3. The lowest BCUT2D eigenvalue weighted by atomic mass is 9.94. The van der Waals surface area contributed by atoms with Crippen LogP contribution in [0, 0.1) is 5.92 Å². The molecule has 1 fully saturated rings. The predicted octanol–water partition coefficient (Wildman–Crippen LogP) is 0.643. The molecular weight excluding hydrogens is 204 g/mol. The van der Waals surface area contributed by atoms with Crippen molar-refractivity contribution >= 4 is 11.8 Å². The molecule has 0 saturated carbocycles. The molecule has 88 valence electrons. The zero-order chi connectivity index (χ0) is 11.5. The van der Waals surface area contributed by atoms with E-state index >= 15 is 0 Å². The molecule has 0 radical (unpaired) electrons. The summed E-state index contributed by atoms with van der Waals surface area (Å²) in [6, 6.07) is 0. The Kier molecular flexibility index (Phi) is 3.39. The molecule has 16 heavy (non-hydrogen) atoms. The SMILES string of the molecule is CN1CCC(CCN2C(=O)C=CC2=O)CC1. The Hall–Kier alpha value is -1.16. The van der Waals surface area contributed by atoms with Gasteiger partial charge >= 0.3 is 0 Å². The molecule has 2 aliphatic rings. The van der Waals surface area contributed by atoms with Crippen LogP contribution in [0.3, 0.4) is 0 Å². The molecule has 4 nitrogen and oxygen atoms in total. The van der Waals surface area contributed by atoms with Crippen molar-refractivity contribution in [3.05, 3.63) is 12.2 Å². The number of piperidine rings is 1. The molecule has 0 bridgehead atoms. The van der Waals surface area contributed by atoms with Crippen LogP contribution < -0.4 is 0 Å². The first-order valence-corrected chi connectivity index (χ1v) is 5.89. The minimum atomic E-state index is -0.155. The summed E-state index contributed by atoms with van der Waals surface area (Å²) in [5.41, 5.74) is 0. The second kappa shape index (κ2) is 4.78. The smallest absolute Gasteiger partial charge is 0.253 e. The highest BCUT2D eigenvalue weighted by Gasteiger charge is 2.24. The van der Waals surface area contributed by atoms with E-state index in [1.807, 2.05) is 0 Å². The van der Waals surface area contributed by atoms with E-state index in [0.717, 1.165) is 19.5 Å². The van der Waals surface area contributed by atoms with Crippen LogP contribution in [-0.2, 0) is 9.59 Å². The first-order valence-electron chi connectivity index (χ1n) is 5.89. The maximum absolute atomic E-state index is 11.3. The average molecular weight is 222 g/mol. The van der Waals surface area contributed by atoms with Crippen molar-refractivity contribution in [3.63, 3.8) is 0 Å². The summed E-state index contributed by atoms with van der Waals surface area (Å²) < 4.78 is 0. The van der Waals surface area contributed by atoms with Gasteiger partial charge in [-0.3, -0.25) is 14.5 Å². The van der Waals surface area contributed by atoms with Crippen molar-refractivity contribution in [3.8, 4) is 0 Å². The number of hydrogen-bond acceptors (Lipinski definition) is 3. The summed E-state index contributed by atoms with van der Waals surface area (Å²) >= 11 is 0. The van der Waals surface area contributed by atoms with E-state index in [0.29, 0.717) is 12.5 Å². The van der Waals surface area contributed by atoms with Crippen LogP contribution in [0.4, 0.5) is 0 Å². The molecule has 0 N–H and O–H groups in total. The van der Waals surface area contributed by atoms with E-state index in [1.54, 1.807) is 0 Å². The van der Waals surface area contributed by atoms with Crippen molar-refractivity contribution < 1.29 is 9.59 Å². The Bertz CT molecular complexity index is 299. The van der Waals surface area contributed by atoms with Gasteiger partial charge in [0.1, 0.15) is 0 Å². The van der Waals surface area contributed by atoms with Gasteiger partial charge in [0.05, 0.1) is 0 Å². The summed E-state index contributed by atoms with van der Waals surface area (Å²) in [6.07, 6.45) is 6.03. The third-order valence-electron chi connectivity index (χ3n) is 3.50. The second-order valence-electron chi connectivity index (χ2n) is 4.70. The quantitative estimate of drug-likeness (QED) is 0.658. The van der Waals surface area contributed by atoms with Gasteiger partial charge in [-0.25, -0.2) is 0 Å². The maximum Gasteiger partial charge on any atom is 0.253 e. The average Bonchev–Trinajstić information content (AvgIpc) is 2.59. The van der Waals surface area contributed by atoms with Gasteiger partial charge in [-0.1, -0.05) is 0 Å². The van der Waals surface area contributed by atoms with Crippen molar-refractivity contribution in [1.82, 2.24) is 9.80 Å². The van der Waals surface area contributed by atoms with Gasteiger partial charge < -0.3 is 4.90 Å². The van der Waals surface area contributed by atoms with Crippen LogP contribution in [0.1, 0.15) is 19.3 Å². The second-order valence-corrected chi connectivity index (χ2v) is 4.70. The van der Waals surface area contributed by atoms with Gasteiger partial charge in [0.2, 0.25) is 0 Å². The lowest BCUT2D eigenvalue weighted by Crippen LogP contribution is -2.35. The number of carbonyl (C=O) groups is 2. The summed E-state index contributed by atoms with van der Waals surface area (Å²) in [5, 5.41) is 0. The lowest BCUT2D eigenvalue weighted by molar-refractivity contribution is -0.137. The number of imide groups is 1. The van der Waals surface area contributed by atoms with Crippen LogP contribution >= 0.6 is 0 Å². The fraction of sp³-hybridized carbons (Fsp3) is 0.667. The third-order valence-corrected chi connectivity index (χ3v) is 3.50. The Labute approximate surface area is 95.9 Å². The summed E-state index contributed by atoms with van der Waals surface area (Å²) in [6.45, 7) is 2.84. The first kappa shape index (κ1) is 11.3. The normalized spacial score (nSPS) is 23.4. The minimum Gasteiger partial charge on any atom is -0.306 e. The Morgan fingerprint density at radius 3 is 2.31 bits per heavy atom. The van der Waals surface area contributed by atoms with Crippen LogP contribution in [0.5, 0.6) is 0 Å². The highest BCUT2D eigenvalue weighted by molar-refractivity contribution is 6.12. The number of nitrogens with zero attached hydrogens (tertiary/aromatic N) is 2. The molecule has 2 aliphatic heterocycles.